The SMILES string of the molecule is COC(=O)C(=O)N(C)c1cc(C)ccc1OC. The minimum Gasteiger partial charge on any atom is -0.495 e. The van der Waals surface area contributed by atoms with Crippen LogP contribution in [-0.4, -0.2) is 33.1 Å². The van der Waals surface area contributed by atoms with Crippen molar-refractivity contribution < 1.29 is 19.1 Å². The second-order valence-corrected chi connectivity index (χ2v) is 3.53. The molecule has 0 spiro atoms. The fourth-order valence-electron chi connectivity index (χ4n) is 1.40. The van der Waals surface area contributed by atoms with Crippen LogP contribution in [0.2, 0.25) is 0 Å². The zero-order valence-electron chi connectivity index (χ0n) is 10.3. The van der Waals surface area contributed by atoms with Crippen molar-refractivity contribution >= 4 is 17.6 Å². The molecule has 1 aromatic carbocycles. The Hall–Kier alpha value is -2.04. The second-order valence-electron chi connectivity index (χ2n) is 3.53. The van der Waals surface area contributed by atoms with Gasteiger partial charge in [0, 0.05) is 7.05 Å². The van der Waals surface area contributed by atoms with Gasteiger partial charge in [0.25, 0.3) is 0 Å². The number of anilines is 1. The monoisotopic (exact) mass is 237 g/mol. The van der Waals surface area contributed by atoms with Gasteiger partial charge in [-0.1, -0.05) is 6.07 Å². The van der Waals surface area contributed by atoms with Gasteiger partial charge in [-0.15, -0.1) is 0 Å². The number of aryl methyl sites for hydroxylation is 1. The molecule has 0 heterocycles. The van der Waals surface area contributed by atoms with Crippen molar-refractivity contribution in [1.82, 2.24) is 0 Å². The number of benzene rings is 1. The minimum atomic E-state index is -0.906. The van der Waals surface area contributed by atoms with Crippen molar-refractivity contribution in [3.8, 4) is 5.75 Å². The van der Waals surface area contributed by atoms with Gasteiger partial charge >= 0.3 is 11.9 Å². The number of esters is 1. The quantitative estimate of drug-likeness (QED) is 0.571. The molecule has 5 heteroatoms. The second kappa shape index (κ2) is 5.34. The molecule has 1 aromatic rings. The maximum atomic E-state index is 11.6. The fourth-order valence-corrected chi connectivity index (χ4v) is 1.40. The molecule has 0 atom stereocenters. The summed E-state index contributed by atoms with van der Waals surface area (Å²) in [5, 5.41) is 0. The van der Waals surface area contributed by atoms with E-state index in [0.717, 1.165) is 5.56 Å². The predicted molar refractivity (Wildman–Crippen MR) is 63.2 cm³/mol. The summed E-state index contributed by atoms with van der Waals surface area (Å²) in [4.78, 5) is 24.0. The molecule has 0 aromatic heterocycles. The summed E-state index contributed by atoms with van der Waals surface area (Å²) in [5.41, 5.74) is 1.49. The average Bonchev–Trinajstić information content (AvgIpc) is 2.35. The largest absolute Gasteiger partial charge is 0.495 e. The molecule has 0 N–H and O–H groups in total. The van der Waals surface area contributed by atoms with Gasteiger partial charge in [-0.3, -0.25) is 4.79 Å². The lowest BCUT2D eigenvalue weighted by molar-refractivity contribution is -0.151. The smallest absolute Gasteiger partial charge is 0.397 e. The molecule has 0 aliphatic heterocycles. The van der Waals surface area contributed by atoms with E-state index in [1.165, 1.54) is 26.2 Å². The van der Waals surface area contributed by atoms with E-state index < -0.39 is 11.9 Å². The van der Waals surface area contributed by atoms with E-state index in [1.54, 1.807) is 12.1 Å². The first kappa shape index (κ1) is 13.0. The van der Waals surface area contributed by atoms with Crippen LogP contribution in [0, 0.1) is 6.92 Å². The number of likely N-dealkylation sites (N-methyl/N-ethyl adjacent to an activating group) is 1. The zero-order valence-corrected chi connectivity index (χ0v) is 10.3. The third-order valence-corrected chi connectivity index (χ3v) is 2.36. The Morgan fingerprint density at radius 1 is 1.24 bits per heavy atom. The molecular weight excluding hydrogens is 222 g/mol. The fraction of sp³-hybridized carbons (Fsp3) is 0.333. The Balaban J connectivity index is 3.10. The highest BCUT2D eigenvalue weighted by Crippen LogP contribution is 2.28. The topological polar surface area (TPSA) is 55.8 Å². The van der Waals surface area contributed by atoms with E-state index in [4.69, 9.17) is 4.74 Å². The Kier molecular flexibility index (Phi) is 4.09. The highest BCUT2D eigenvalue weighted by Gasteiger charge is 2.22. The highest BCUT2D eigenvalue weighted by molar-refractivity contribution is 6.38. The molecule has 0 radical (unpaired) electrons. The third-order valence-electron chi connectivity index (χ3n) is 2.36. The lowest BCUT2D eigenvalue weighted by Crippen LogP contribution is -2.34. The molecule has 0 unspecified atom stereocenters. The average molecular weight is 237 g/mol. The molecule has 0 aliphatic rings. The van der Waals surface area contributed by atoms with Gasteiger partial charge in [0.2, 0.25) is 0 Å². The number of carbonyl (C=O) groups is 2. The zero-order chi connectivity index (χ0) is 13.0. The van der Waals surface area contributed by atoms with Gasteiger partial charge in [-0.05, 0) is 24.6 Å². The highest BCUT2D eigenvalue weighted by atomic mass is 16.5. The number of hydrogen-bond donors (Lipinski definition) is 0. The molecule has 0 fully saturated rings. The van der Waals surface area contributed by atoms with Crippen molar-refractivity contribution in [2.75, 3.05) is 26.2 Å². The van der Waals surface area contributed by atoms with Crippen molar-refractivity contribution in [2.24, 2.45) is 0 Å². The molecule has 1 rings (SSSR count). The first-order chi connectivity index (χ1) is 8.01. The molecule has 0 bridgehead atoms. The Labute approximate surface area is 99.9 Å². The van der Waals surface area contributed by atoms with Crippen LogP contribution in [-0.2, 0) is 14.3 Å². The van der Waals surface area contributed by atoms with Crippen molar-refractivity contribution in [3.63, 3.8) is 0 Å². The Morgan fingerprint density at radius 2 is 1.88 bits per heavy atom. The number of methoxy groups -OCH3 is 2. The molecule has 17 heavy (non-hydrogen) atoms. The molecule has 0 saturated heterocycles. The van der Waals surface area contributed by atoms with Gasteiger partial charge in [-0.25, -0.2) is 4.79 Å². The van der Waals surface area contributed by atoms with Crippen molar-refractivity contribution in [3.05, 3.63) is 23.8 Å². The number of rotatable bonds is 2. The summed E-state index contributed by atoms with van der Waals surface area (Å²) in [6.45, 7) is 1.89. The number of carbonyl (C=O) groups excluding carboxylic acids is 2. The van der Waals surface area contributed by atoms with E-state index in [2.05, 4.69) is 4.74 Å². The molecule has 0 saturated carbocycles. The van der Waals surface area contributed by atoms with Gasteiger partial charge in [-0.2, -0.15) is 0 Å². The normalized spacial score (nSPS) is 9.65. The third kappa shape index (κ3) is 2.75. The molecule has 5 nitrogen and oxygen atoms in total. The first-order valence-electron chi connectivity index (χ1n) is 5.02. The van der Waals surface area contributed by atoms with Crippen LogP contribution >= 0.6 is 0 Å². The number of ether oxygens (including phenoxy) is 2. The number of amides is 1. The summed E-state index contributed by atoms with van der Waals surface area (Å²) in [5.74, 6) is -1.12. The predicted octanol–water partition coefficient (Wildman–Crippen LogP) is 1.14. The summed E-state index contributed by atoms with van der Waals surface area (Å²) in [6.07, 6.45) is 0. The Bertz CT molecular complexity index is 442. The lowest BCUT2D eigenvalue weighted by Gasteiger charge is -2.19. The van der Waals surface area contributed by atoms with Crippen LogP contribution in [0.25, 0.3) is 0 Å². The van der Waals surface area contributed by atoms with Gasteiger partial charge < -0.3 is 14.4 Å². The van der Waals surface area contributed by atoms with Gasteiger partial charge in [0.05, 0.1) is 19.9 Å². The van der Waals surface area contributed by atoms with E-state index in [9.17, 15) is 9.59 Å². The van der Waals surface area contributed by atoms with E-state index in [0.29, 0.717) is 11.4 Å². The summed E-state index contributed by atoms with van der Waals surface area (Å²) in [7, 11) is 4.17. The maximum Gasteiger partial charge on any atom is 0.397 e. The first-order valence-corrected chi connectivity index (χ1v) is 5.02. The Morgan fingerprint density at radius 3 is 2.41 bits per heavy atom. The van der Waals surface area contributed by atoms with E-state index in [1.807, 2.05) is 13.0 Å². The van der Waals surface area contributed by atoms with Crippen molar-refractivity contribution in [1.29, 1.82) is 0 Å². The summed E-state index contributed by atoms with van der Waals surface area (Å²) < 4.78 is 9.53. The molecular formula is C12H15NO4. The van der Waals surface area contributed by atoms with Crippen LogP contribution in [0.1, 0.15) is 5.56 Å². The van der Waals surface area contributed by atoms with E-state index >= 15 is 0 Å². The lowest BCUT2D eigenvalue weighted by atomic mass is 10.2. The standard InChI is InChI=1S/C12H15NO4/c1-8-5-6-10(16-3)9(7-8)13(2)11(14)12(15)17-4/h5-7H,1-4H3. The van der Waals surface area contributed by atoms with Gasteiger partial charge in [0.1, 0.15) is 5.75 Å². The molecule has 1 amide bonds. The van der Waals surface area contributed by atoms with Crippen LogP contribution in [0.4, 0.5) is 5.69 Å². The summed E-state index contributed by atoms with van der Waals surface area (Å²) in [6, 6.07) is 5.37. The number of nitrogens with zero attached hydrogens (tertiary/aromatic N) is 1. The molecule has 0 aliphatic carbocycles. The number of hydrogen-bond acceptors (Lipinski definition) is 4. The molecule has 92 valence electrons. The van der Waals surface area contributed by atoms with Crippen LogP contribution < -0.4 is 9.64 Å². The van der Waals surface area contributed by atoms with Gasteiger partial charge in [0.15, 0.2) is 0 Å². The van der Waals surface area contributed by atoms with Crippen LogP contribution in [0.3, 0.4) is 0 Å². The van der Waals surface area contributed by atoms with Crippen molar-refractivity contribution in [2.45, 2.75) is 6.92 Å². The summed E-state index contributed by atoms with van der Waals surface area (Å²) >= 11 is 0. The van der Waals surface area contributed by atoms with E-state index in [-0.39, 0.29) is 0 Å². The van der Waals surface area contributed by atoms with Crippen LogP contribution in [0.5, 0.6) is 5.75 Å². The van der Waals surface area contributed by atoms with Crippen LogP contribution in [0.15, 0.2) is 18.2 Å². The minimum absolute atomic E-state index is 0.523. The maximum absolute atomic E-state index is 11.6.